The van der Waals surface area contributed by atoms with Crippen LogP contribution in [0.25, 0.3) is 0 Å². The Morgan fingerprint density at radius 2 is 1.78 bits per heavy atom. The quantitative estimate of drug-likeness (QED) is 0.335. The van der Waals surface area contributed by atoms with E-state index in [1.165, 1.54) is 0 Å². The van der Waals surface area contributed by atoms with Gasteiger partial charge in [0, 0.05) is 26.7 Å². The fourth-order valence-electron chi connectivity index (χ4n) is 1.46. The van der Waals surface area contributed by atoms with E-state index in [9.17, 15) is 8.42 Å². The summed E-state index contributed by atoms with van der Waals surface area (Å²) in [6.07, 6.45) is 3.42. The molecule has 0 aliphatic heterocycles. The maximum atomic E-state index is 10.9. The van der Waals surface area contributed by atoms with E-state index in [0.29, 0.717) is 25.0 Å². The first kappa shape index (κ1) is 17.2. The molecule has 0 radical (unpaired) electrons. The number of guanidine groups is 1. The van der Waals surface area contributed by atoms with E-state index in [0.717, 1.165) is 25.6 Å². The van der Waals surface area contributed by atoms with Crippen LogP contribution >= 0.6 is 0 Å². The van der Waals surface area contributed by atoms with Crippen LogP contribution in [0.4, 0.5) is 0 Å². The van der Waals surface area contributed by atoms with Crippen molar-refractivity contribution in [2.24, 2.45) is 10.9 Å². The third-order valence-corrected chi connectivity index (χ3v) is 3.45. The smallest absolute Gasteiger partial charge is 0.208 e. The van der Waals surface area contributed by atoms with Gasteiger partial charge in [-0.05, 0) is 5.92 Å². The first-order chi connectivity index (χ1) is 8.42. The molecular formula is C11H26N4O2S. The molecule has 0 atom stereocenters. The van der Waals surface area contributed by atoms with E-state index >= 15 is 0 Å². The zero-order valence-electron chi connectivity index (χ0n) is 11.8. The molecule has 7 heteroatoms. The van der Waals surface area contributed by atoms with Crippen LogP contribution in [0.2, 0.25) is 0 Å². The Bertz CT molecular complexity index is 337. The van der Waals surface area contributed by atoms with Gasteiger partial charge in [0.2, 0.25) is 10.0 Å². The zero-order chi connectivity index (χ0) is 14.0. The molecule has 0 aromatic heterocycles. The Labute approximate surface area is 111 Å². The van der Waals surface area contributed by atoms with Crippen molar-refractivity contribution < 1.29 is 8.42 Å². The van der Waals surface area contributed by atoms with Crippen LogP contribution in [0.15, 0.2) is 4.99 Å². The van der Waals surface area contributed by atoms with Gasteiger partial charge < -0.3 is 10.6 Å². The molecule has 0 bridgehead atoms. The van der Waals surface area contributed by atoms with Gasteiger partial charge in [0.25, 0.3) is 0 Å². The fourth-order valence-corrected chi connectivity index (χ4v) is 1.93. The van der Waals surface area contributed by atoms with Gasteiger partial charge in [-0.3, -0.25) is 4.99 Å². The van der Waals surface area contributed by atoms with Crippen molar-refractivity contribution in [2.45, 2.75) is 26.7 Å². The second kappa shape index (κ2) is 9.16. The Hall–Kier alpha value is -0.820. The van der Waals surface area contributed by atoms with Gasteiger partial charge in [-0.1, -0.05) is 26.7 Å². The second-order valence-corrected chi connectivity index (χ2v) is 6.06. The summed E-state index contributed by atoms with van der Waals surface area (Å²) in [6.45, 7) is 6.08. The summed E-state index contributed by atoms with van der Waals surface area (Å²) in [5.74, 6) is 1.34. The van der Waals surface area contributed by atoms with Crippen molar-refractivity contribution in [1.29, 1.82) is 0 Å². The number of hydrogen-bond donors (Lipinski definition) is 3. The van der Waals surface area contributed by atoms with Crippen molar-refractivity contribution in [1.82, 2.24) is 15.4 Å². The summed E-state index contributed by atoms with van der Waals surface area (Å²) in [6, 6.07) is 0. The van der Waals surface area contributed by atoms with Gasteiger partial charge in [-0.25, -0.2) is 13.1 Å². The molecule has 0 aliphatic rings. The summed E-state index contributed by atoms with van der Waals surface area (Å²) < 4.78 is 24.1. The lowest BCUT2D eigenvalue weighted by Crippen LogP contribution is -2.42. The first-order valence-electron chi connectivity index (χ1n) is 6.32. The highest BCUT2D eigenvalue weighted by Gasteiger charge is 2.05. The lowest BCUT2D eigenvalue weighted by molar-refractivity contribution is 0.481. The highest BCUT2D eigenvalue weighted by molar-refractivity contribution is 7.88. The molecule has 0 amide bonds. The maximum absolute atomic E-state index is 10.9. The topological polar surface area (TPSA) is 82.6 Å². The van der Waals surface area contributed by atoms with Crippen LogP contribution in [0, 0.1) is 5.92 Å². The Kier molecular flexibility index (Phi) is 8.74. The molecule has 0 unspecified atom stereocenters. The molecule has 0 aromatic rings. The van der Waals surface area contributed by atoms with Gasteiger partial charge >= 0.3 is 0 Å². The predicted octanol–water partition coefficient (Wildman–Crippen LogP) is 0.137. The van der Waals surface area contributed by atoms with Crippen LogP contribution in [0.5, 0.6) is 0 Å². The second-order valence-electron chi connectivity index (χ2n) is 4.23. The molecule has 3 N–H and O–H groups in total. The zero-order valence-corrected chi connectivity index (χ0v) is 12.6. The predicted molar refractivity (Wildman–Crippen MR) is 76.3 cm³/mol. The molecule has 0 saturated carbocycles. The van der Waals surface area contributed by atoms with Gasteiger partial charge in [-0.2, -0.15) is 0 Å². The summed E-state index contributed by atoms with van der Waals surface area (Å²) in [4.78, 5) is 4.08. The average Bonchev–Trinajstić information content (AvgIpc) is 2.31. The van der Waals surface area contributed by atoms with Gasteiger partial charge in [0.05, 0.1) is 6.26 Å². The monoisotopic (exact) mass is 278 g/mol. The number of hydrogen-bond acceptors (Lipinski definition) is 3. The average molecular weight is 278 g/mol. The molecule has 0 spiro atoms. The third-order valence-electron chi connectivity index (χ3n) is 2.72. The van der Waals surface area contributed by atoms with Crippen molar-refractivity contribution in [3.05, 3.63) is 0 Å². The number of nitrogens with zero attached hydrogens (tertiary/aromatic N) is 1. The standard InChI is InChI=1S/C11H26N4O2S/c1-5-10(6-2)9-14-11(12-3)13-7-8-15-18(4,16)17/h10,15H,5-9H2,1-4H3,(H2,12,13,14). The Morgan fingerprint density at radius 3 is 2.22 bits per heavy atom. The van der Waals surface area contributed by atoms with Crippen molar-refractivity contribution in [2.75, 3.05) is 32.9 Å². The lowest BCUT2D eigenvalue weighted by Gasteiger charge is -2.16. The SMILES string of the molecule is CCC(CC)CNC(=NC)NCCNS(C)(=O)=O. The summed E-state index contributed by atoms with van der Waals surface area (Å²) >= 11 is 0. The largest absolute Gasteiger partial charge is 0.356 e. The van der Waals surface area contributed by atoms with E-state index < -0.39 is 10.0 Å². The van der Waals surface area contributed by atoms with Crippen LogP contribution in [0.3, 0.4) is 0 Å². The van der Waals surface area contributed by atoms with Crippen LogP contribution in [0.1, 0.15) is 26.7 Å². The first-order valence-corrected chi connectivity index (χ1v) is 8.21. The van der Waals surface area contributed by atoms with Gasteiger partial charge in [0.15, 0.2) is 5.96 Å². The molecule has 0 saturated heterocycles. The fraction of sp³-hybridized carbons (Fsp3) is 0.909. The Balaban J connectivity index is 3.85. The Morgan fingerprint density at radius 1 is 1.17 bits per heavy atom. The van der Waals surface area contributed by atoms with Crippen LogP contribution < -0.4 is 15.4 Å². The molecular weight excluding hydrogens is 252 g/mol. The molecule has 0 aromatic carbocycles. The summed E-state index contributed by atoms with van der Waals surface area (Å²) in [5, 5.41) is 6.29. The number of nitrogens with one attached hydrogen (secondary N) is 3. The molecule has 6 nitrogen and oxygen atoms in total. The van der Waals surface area contributed by atoms with Crippen molar-refractivity contribution >= 4 is 16.0 Å². The minimum atomic E-state index is -3.11. The van der Waals surface area contributed by atoms with E-state index in [4.69, 9.17) is 0 Å². The minimum absolute atomic E-state index is 0.352. The highest BCUT2D eigenvalue weighted by Crippen LogP contribution is 2.04. The molecule has 0 fully saturated rings. The number of aliphatic imine (C=N–C) groups is 1. The molecule has 108 valence electrons. The molecule has 0 rings (SSSR count). The van der Waals surface area contributed by atoms with Gasteiger partial charge in [-0.15, -0.1) is 0 Å². The third kappa shape index (κ3) is 9.23. The summed E-state index contributed by atoms with van der Waals surface area (Å²) in [5.41, 5.74) is 0. The summed E-state index contributed by atoms with van der Waals surface area (Å²) in [7, 11) is -1.41. The van der Waals surface area contributed by atoms with Crippen molar-refractivity contribution in [3.8, 4) is 0 Å². The van der Waals surface area contributed by atoms with Crippen LogP contribution in [-0.2, 0) is 10.0 Å². The number of rotatable bonds is 8. The molecule has 0 aliphatic carbocycles. The maximum Gasteiger partial charge on any atom is 0.208 e. The van der Waals surface area contributed by atoms with E-state index in [2.05, 4.69) is 34.2 Å². The highest BCUT2D eigenvalue weighted by atomic mass is 32.2. The van der Waals surface area contributed by atoms with Crippen molar-refractivity contribution in [3.63, 3.8) is 0 Å². The molecule has 0 heterocycles. The normalized spacial score (nSPS) is 12.8. The number of sulfonamides is 1. The lowest BCUT2D eigenvalue weighted by atomic mass is 10.0. The van der Waals surface area contributed by atoms with E-state index in [-0.39, 0.29) is 0 Å². The van der Waals surface area contributed by atoms with E-state index in [1.54, 1.807) is 7.05 Å². The molecule has 18 heavy (non-hydrogen) atoms. The van der Waals surface area contributed by atoms with Crippen LogP contribution in [-0.4, -0.2) is 47.3 Å². The van der Waals surface area contributed by atoms with Gasteiger partial charge in [0.1, 0.15) is 0 Å². The minimum Gasteiger partial charge on any atom is -0.356 e. The van der Waals surface area contributed by atoms with E-state index in [1.807, 2.05) is 0 Å².